The molecular weight excluding hydrogens is 334 g/mol. The van der Waals surface area contributed by atoms with Gasteiger partial charge < -0.3 is 5.32 Å². The fourth-order valence-electron chi connectivity index (χ4n) is 2.25. The van der Waals surface area contributed by atoms with Crippen LogP contribution < -0.4 is 5.32 Å². The van der Waals surface area contributed by atoms with E-state index in [0.29, 0.717) is 5.16 Å². The maximum atomic E-state index is 12.1. The number of thioether (sulfide) groups is 1. The van der Waals surface area contributed by atoms with Crippen molar-refractivity contribution in [2.24, 2.45) is 0 Å². The normalized spacial score (nSPS) is 10.7. The maximum Gasteiger partial charge on any atom is 0.234 e. The van der Waals surface area contributed by atoms with Gasteiger partial charge in [0.05, 0.1) is 11.4 Å². The standard InChI is InChI=1S/C18H19N5OS/c1-12-4-7-15(8-5-12)19-17(24)11-25-18-20-21-22-23(18)16-9-6-13(2)14(3)10-16/h4-10H,11H2,1-3H3,(H,19,24). The summed E-state index contributed by atoms with van der Waals surface area (Å²) in [4.78, 5) is 12.1. The number of benzene rings is 2. The van der Waals surface area contributed by atoms with Crippen molar-refractivity contribution in [1.29, 1.82) is 0 Å². The van der Waals surface area contributed by atoms with Crippen molar-refractivity contribution in [3.63, 3.8) is 0 Å². The fourth-order valence-corrected chi connectivity index (χ4v) is 2.94. The van der Waals surface area contributed by atoms with Gasteiger partial charge in [0.1, 0.15) is 0 Å². The van der Waals surface area contributed by atoms with Crippen LogP contribution in [-0.4, -0.2) is 31.9 Å². The van der Waals surface area contributed by atoms with Gasteiger partial charge in [-0.05, 0) is 66.6 Å². The van der Waals surface area contributed by atoms with Crippen LogP contribution in [-0.2, 0) is 4.79 Å². The Bertz CT molecular complexity index is 889. The number of amides is 1. The Kier molecular flexibility index (Phi) is 5.14. The van der Waals surface area contributed by atoms with Gasteiger partial charge in [-0.15, -0.1) is 5.10 Å². The monoisotopic (exact) mass is 353 g/mol. The number of aryl methyl sites for hydroxylation is 3. The van der Waals surface area contributed by atoms with Crippen LogP contribution in [0.3, 0.4) is 0 Å². The van der Waals surface area contributed by atoms with Crippen molar-refractivity contribution >= 4 is 23.4 Å². The van der Waals surface area contributed by atoms with Gasteiger partial charge in [-0.25, -0.2) is 0 Å². The summed E-state index contributed by atoms with van der Waals surface area (Å²) in [5.74, 6) is 0.141. The third-order valence-electron chi connectivity index (χ3n) is 3.84. The SMILES string of the molecule is Cc1ccc(NC(=O)CSc2nnnn2-c2ccc(C)c(C)c2)cc1. The number of nitrogens with one attached hydrogen (secondary N) is 1. The number of rotatable bonds is 5. The maximum absolute atomic E-state index is 12.1. The summed E-state index contributed by atoms with van der Waals surface area (Å²) >= 11 is 1.30. The molecule has 0 fully saturated rings. The average Bonchev–Trinajstić information content (AvgIpc) is 3.06. The molecule has 0 saturated carbocycles. The summed E-state index contributed by atoms with van der Waals surface area (Å²) in [5, 5.41) is 15.2. The summed E-state index contributed by atoms with van der Waals surface area (Å²) in [6, 6.07) is 13.7. The first kappa shape index (κ1) is 17.2. The summed E-state index contributed by atoms with van der Waals surface area (Å²) in [6.45, 7) is 6.11. The van der Waals surface area contributed by atoms with Crippen LogP contribution in [0.4, 0.5) is 5.69 Å². The highest BCUT2D eigenvalue weighted by Crippen LogP contribution is 2.20. The lowest BCUT2D eigenvalue weighted by atomic mass is 10.1. The van der Waals surface area contributed by atoms with Crippen LogP contribution in [0.5, 0.6) is 0 Å². The first-order valence-corrected chi connectivity index (χ1v) is 8.87. The number of tetrazole rings is 1. The summed E-state index contributed by atoms with van der Waals surface area (Å²) in [7, 11) is 0. The summed E-state index contributed by atoms with van der Waals surface area (Å²) < 4.78 is 1.65. The van der Waals surface area contributed by atoms with E-state index in [1.54, 1.807) is 4.68 Å². The lowest BCUT2D eigenvalue weighted by Crippen LogP contribution is -2.14. The summed E-state index contributed by atoms with van der Waals surface area (Å²) in [5.41, 5.74) is 5.20. The second-order valence-electron chi connectivity index (χ2n) is 5.84. The van der Waals surface area contributed by atoms with Gasteiger partial charge in [-0.2, -0.15) is 4.68 Å². The lowest BCUT2D eigenvalue weighted by Gasteiger charge is -2.07. The number of hydrogen-bond acceptors (Lipinski definition) is 5. The Morgan fingerprint density at radius 2 is 1.84 bits per heavy atom. The van der Waals surface area contributed by atoms with Gasteiger partial charge in [0, 0.05) is 5.69 Å². The van der Waals surface area contributed by atoms with E-state index >= 15 is 0 Å². The molecule has 1 N–H and O–H groups in total. The van der Waals surface area contributed by atoms with Crippen molar-refractivity contribution in [3.05, 3.63) is 59.2 Å². The van der Waals surface area contributed by atoms with Crippen LogP contribution in [0.2, 0.25) is 0 Å². The molecule has 0 radical (unpaired) electrons. The molecule has 2 aromatic carbocycles. The van der Waals surface area contributed by atoms with Crippen LogP contribution in [0.25, 0.3) is 5.69 Å². The van der Waals surface area contributed by atoms with Crippen molar-refractivity contribution in [2.75, 3.05) is 11.1 Å². The number of carbonyl (C=O) groups excluding carboxylic acids is 1. The zero-order chi connectivity index (χ0) is 17.8. The molecule has 1 amide bonds. The van der Waals surface area contributed by atoms with E-state index in [4.69, 9.17) is 0 Å². The van der Waals surface area contributed by atoms with Crippen LogP contribution in [0.15, 0.2) is 47.6 Å². The Hall–Kier alpha value is -2.67. The highest BCUT2D eigenvalue weighted by Gasteiger charge is 2.12. The Balaban J connectivity index is 1.66. The number of anilines is 1. The molecule has 0 aliphatic carbocycles. The molecule has 0 saturated heterocycles. The molecule has 3 aromatic rings. The minimum Gasteiger partial charge on any atom is -0.325 e. The van der Waals surface area contributed by atoms with Crippen molar-refractivity contribution in [3.8, 4) is 5.69 Å². The van der Waals surface area contributed by atoms with Crippen molar-refractivity contribution in [1.82, 2.24) is 20.2 Å². The first-order chi connectivity index (χ1) is 12.0. The van der Waals surface area contributed by atoms with Crippen molar-refractivity contribution in [2.45, 2.75) is 25.9 Å². The molecule has 3 rings (SSSR count). The van der Waals surface area contributed by atoms with E-state index in [-0.39, 0.29) is 11.7 Å². The zero-order valence-electron chi connectivity index (χ0n) is 14.4. The molecule has 0 spiro atoms. The molecule has 128 valence electrons. The smallest absolute Gasteiger partial charge is 0.234 e. The minimum atomic E-state index is -0.0940. The second kappa shape index (κ2) is 7.48. The Morgan fingerprint density at radius 1 is 1.08 bits per heavy atom. The topological polar surface area (TPSA) is 72.7 Å². The van der Waals surface area contributed by atoms with Crippen LogP contribution >= 0.6 is 11.8 Å². The van der Waals surface area contributed by atoms with Gasteiger partial charge in [-0.1, -0.05) is 35.5 Å². The minimum absolute atomic E-state index is 0.0940. The predicted octanol–water partition coefficient (Wildman–Crippen LogP) is 3.32. The lowest BCUT2D eigenvalue weighted by molar-refractivity contribution is -0.113. The van der Waals surface area contributed by atoms with Crippen LogP contribution in [0.1, 0.15) is 16.7 Å². The number of hydrogen-bond donors (Lipinski definition) is 1. The summed E-state index contributed by atoms with van der Waals surface area (Å²) in [6.07, 6.45) is 0. The Morgan fingerprint density at radius 3 is 2.56 bits per heavy atom. The number of aromatic nitrogens is 4. The fraction of sp³-hybridized carbons (Fsp3) is 0.222. The van der Waals surface area contributed by atoms with Gasteiger partial charge in [0.15, 0.2) is 0 Å². The van der Waals surface area contributed by atoms with E-state index < -0.39 is 0 Å². The van der Waals surface area contributed by atoms with Gasteiger partial charge in [0.25, 0.3) is 0 Å². The van der Waals surface area contributed by atoms with Gasteiger partial charge >= 0.3 is 0 Å². The van der Waals surface area contributed by atoms with Gasteiger partial charge in [-0.3, -0.25) is 4.79 Å². The molecule has 0 bridgehead atoms. The van der Waals surface area contributed by atoms with E-state index in [0.717, 1.165) is 16.9 Å². The third-order valence-corrected chi connectivity index (χ3v) is 4.76. The van der Waals surface area contributed by atoms with E-state index in [1.165, 1.54) is 22.9 Å². The van der Waals surface area contributed by atoms with E-state index in [9.17, 15) is 4.79 Å². The Labute approximate surface area is 150 Å². The molecular formula is C18H19N5OS. The van der Waals surface area contributed by atoms with E-state index in [1.807, 2.05) is 56.3 Å². The predicted molar refractivity (Wildman–Crippen MR) is 99.2 cm³/mol. The molecule has 0 aliphatic rings. The molecule has 0 aliphatic heterocycles. The zero-order valence-corrected chi connectivity index (χ0v) is 15.2. The quantitative estimate of drug-likeness (QED) is 0.713. The second-order valence-corrected chi connectivity index (χ2v) is 6.79. The molecule has 0 atom stereocenters. The number of nitrogens with zero attached hydrogens (tertiary/aromatic N) is 4. The highest BCUT2D eigenvalue weighted by atomic mass is 32.2. The highest BCUT2D eigenvalue weighted by molar-refractivity contribution is 7.99. The molecule has 1 heterocycles. The molecule has 7 heteroatoms. The van der Waals surface area contributed by atoms with Crippen molar-refractivity contribution < 1.29 is 4.79 Å². The molecule has 6 nitrogen and oxygen atoms in total. The first-order valence-electron chi connectivity index (χ1n) is 7.88. The van der Waals surface area contributed by atoms with Gasteiger partial charge in [0.2, 0.25) is 11.1 Å². The average molecular weight is 353 g/mol. The molecule has 1 aromatic heterocycles. The molecule has 0 unspecified atom stereocenters. The third kappa shape index (κ3) is 4.24. The number of carbonyl (C=O) groups is 1. The van der Waals surface area contributed by atoms with E-state index in [2.05, 4.69) is 27.8 Å². The molecule has 25 heavy (non-hydrogen) atoms. The largest absolute Gasteiger partial charge is 0.325 e. The van der Waals surface area contributed by atoms with Crippen LogP contribution in [0, 0.1) is 20.8 Å².